The van der Waals surface area contributed by atoms with Crippen LogP contribution in [0.3, 0.4) is 0 Å². The first-order chi connectivity index (χ1) is 12.9. The molecular weight excluding hydrogens is 366 g/mol. The van der Waals surface area contributed by atoms with E-state index in [-0.39, 0.29) is 18.2 Å². The molecule has 146 valence electrons. The van der Waals surface area contributed by atoms with Crippen molar-refractivity contribution in [1.82, 2.24) is 14.9 Å². The molecular formula is C19H25N3O4S. The van der Waals surface area contributed by atoms with Gasteiger partial charge in [-0.25, -0.2) is 9.78 Å². The van der Waals surface area contributed by atoms with E-state index < -0.39 is 5.97 Å². The van der Waals surface area contributed by atoms with Gasteiger partial charge in [0.25, 0.3) is 5.91 Å². The Balaban J connectivity index is 1.93. The van der Waals surface area contributed by atoms with Crippen LogP contribution in [0.25, 0.3) is 11.4 Å². The van der Waals surface area contributed by atoms with Gasteiger partial charge in [-0.15, -0.1) is 11.3 Å². The highest BCUT2D eigenvalue weighted by molar-refractivity contribution is 7.11. The smallest absolute Gasteiger partial charge is 0.367 e. The first kappa shape index (κ1) is 19.6. The summed E-state index contributed by atoms with van der Waals surface area (Å²) in [5.41, 5.74) is 2.93. The van der Waals surface area contributed by atoms with E-state index in [1.807, 2.05) is 18.4 Å². The molecule has 0 aromatic carbocycles. The largest absolute Gasteiger partial charge is 0.461 e. The predicted octanol–water partition coefficient (Wildman–Crippen LogP) is 3.54. The van der Waals surface area contributed by atoms with Gasteiger partial charge in [-0.1, -0.05) is 0 Å². The van der Waals surface area contributed by atoms with Crippen LogP contribution in [-0.2, 0) is 9.47 Å². The van der Waals surface area contributed by atoms with Crippen molar-refractivity contribution in [1.29, 1.82) is 0 Å². The third kappa shape index (κ3) is 4.06. The van der Waals surface area contributed by atoms with Crippen molar-refractivity contribution in [2.75, 3.05) is 13.2 Å². The highest BCUT2D eigenvalue weighted by Gasteiger charge is 2.25. The van der Waals surface area contributed by atoms with Crippen LogP contribution >= 0.6 is 11.3 Å². The molecule has 3 heterocycles. The topological polar surface area (TPSA) is 82.4 Å². The van der Waals surface area contributed by atoms with Crippen LogP contribution in [0.2, 0.25) is 0 Å². The van der Waals surface area contributed by atoms with Gasteiger partial charge in [-0.3, -0.25) is 4.79 Å². The lowest BCUT2D eigenvalue weighted by Crippen LogP contribution is -2.34. The van der Waals surface area contributed by atoms with Crippen molar-refractivity contribution in [3.8, 4) is 11.4 Å². The molecule has 1 atom stereocenters. The Morgan fingerprint density at radius 1 is 1.48 bits per heavy atom. The van der Waals surface area contributed by atoms with Crippen LogP contribution in [0.1, 0.15) is 65.5 Å². The van der Waals surface area contributed by atoms with Crippen molar-refractivity contribution in [2.24, 2.45) is 0 Å². The molecule has 1 fully saturated rings. The fraction of sp³-hybridized carbons (Fsp3) is 0.526. The van der Waals surface area contributed by atoms with E-state index in [0.29, 0.717) is 29.5 Å². The minimum Gasteiger partial charge on any atom is -0.461 e. The number of nitrogens with zero attached hydrogens (tertiary/aromatic N) is 2. The van der Waals surface area contributed by atoms with Crippen molar-refractivity contribution in [3.63, 3.8) is 0 Å². The van der Waals surface area contributed by atoms with Gasteiger partial charge in [-0.05, 0) is 46.6 Å². The number of esters is 1. The normalized spacial score (nSPS) is 16.7. The number of carbonyl (C=O) groups excluding carboxylic acids is 2. The Labute approximate surface area is 162 Å². The minimum atomic E-state index is -0.426. The predicted molar refractivity (Wildman–Crippen MR) is 103 cm³/mol. The highest BCUT2D eigenvalue weighted by atomic mass is 32.1. The molecule has 2 aromatic rings. The maximum Gasteiger partial charge on any atom is 0.367 e. The summed E-state index contributed by atoms with van der Waals surface area (Å²) in [5.74, 6) is -0.578. The second-order valence-electron chi connectivity index (χ2n) is 6.73. The molecule has 1 saturated heterocycles. The number of nitrogens with one attached hydrogen (secondary N) is 1. The van der Waals surface area contributed by atoms with Gasteiger partial charge in [0.2, 0.25) is 5.01 Å². The highest BCUT2D eigenvalue weighted by Crippen LogP contribution is 2.30. The van der Waals surface area contributed by atoms with E-state index in [4.69, 9.17) is 9.47 Å². The number of thiazole rings is 1. The summed E-state index contributed by atoms with van der Waals surface area (Å²) in [7, 11) is 0. The van der Waals surface area contributed by atoms with Crippen molar-refractivity contribution < 1.29 is 19.1 Å². The van der Waals surface area contributed by atoms with Gasteiger partial charge in [0, 0.05) is 23.7 Å². The molecule has 27 heavy (non-hydrogen) atoms. The van der Waals surface area contributed by atoms with E-state index in [9.17, 15) is 9.59 Å². The second kappa shape index (κ2) is 8.22. The zero-order valence-corrected chi connectivity index (χ0v) is 16.9. The van der Waals surface area contributed by atoms with Crippen LogP contribution in [0.5, 0.6) is 0 Å². The number of carbonyl (C=O) groups is 2. The van der Waals surface area contributed by atoms with Gasteiger partial charge in [-0.2, -0.15) is 0 Å². The number of hydrogen-bond donors (Lipinski definition) is 1. The molecule has 0 aliphatic carbocycles. The quantitative estimate of drug-likeness (QED) is 0.762. The zero-order chi connectivity index (χ0) is 19.6. The first-order valence-corrected chi connectivity index (χ1v) is 10.1. The number of rotatable bonds is 6. The van der Waals surface area contributed by atoms with Crippen molar-refractivity contribution in [3.05, 3.63) is 27.7 Å². The van der Waals surface area contributed by atoms with Crippen LogP contribution in [0, 0.1) is 6.92 Å². The molecule has 0 radical (unpaired) electrons. The molecule has 1 unspecified atom stereocenters. The summed E-state index contributed by atoms with van der Waals surface area (Å²) in [6.07, 6.45) is 1.56. The number of amides is 1. The molecule has 0 saturated carbocycles. The fourth-order valence-electron chi connectivity index (χ4n) is 3.31. The molecule has 3 rings (SSSR count). The van der Waals surface area contributed by atoms with Crippen molar-refractivity contribution >= 4 is 23.2 Å². The molecule has 1 aliphatic heterocycles. The first-order valence-electron chi connectivity index (χ1n) is 9.19. The van der Waals surface area contributed by atoms with E-state index in [1.54, 1.807) is 6.92 Å². The lowest BCUT2D eigenvalue weighted by Gasteiger charge is -2.15. The standard InChI is InChI=1S/C19H25N3O4S/c1-5-25-19(24)18-20-14(10-27-18)15-9-13(12(4)22(15)11(2)3)17(23)21-16-7-6-8-26-16/h9-11,16H,5-8H2,1-4H3,(H,21,23). The summed E-state index contributed by atoms with van der Waals surface area (Å²) in [5, 5.41) is 5.07. The van der Waals surface area contributed by atoms with E-state index in [2.05, 4.69) is 28.7 Å². The van der Waals surface area contributed by atoms with Crippen LogP contribution in [0.4, 0.5) is 0 Å². The lowest BCUT2D eigenvalue weighted by molar-refractivity contribution is 0.0525. The summed E-state index contributed by atoms with van der Waals surface area (Å²) >= 11 is 1.24. The monoisotopic (exact) mass is 391 g/mol. The molecule has 1 amide bonds. The Hall–Kier alpha value is -2.19. The maximum atomic E-state index is 12.7. The second-order valence-corrected chi connectivity index (χ2v) is 7.58. The lowest BCUT2D eigenvalue weighted by atomic mass is 10.2. The number of hydrogen-bond acceptors (Lipinski definition) is 6. The maximum absolute atomic E-state index is 12.7. The Kier molecular flexibility index (Phi) is 5.96. The minimum absolute atomic E-state index is 0.136. The average molecular weight is 391 g/mol. The molecule has 0 bridgehead atoms. The summed E-state index contributed by atoms with van der Waals surface area (Å²) < 4.78 is 12.6. The van der Waals surface area contributed by atoms with Crippen LogP contribution in [0.15, 0.2) is 11.4 Å². The molecule has 7 nitrogen and oxygen atoms in total. The molecule has 8 heteroatoms. The zero-order valence-electron chi connectivity index (χ0n) is 16.1. The summed E-state index contributed by atoms with van der Waals surface area (Å²) in [4.78, 5) is 29.1. The van der Waals surface area contributed by atoms with Gasteiger partial charge in [0.05, 0.1) is 23.6 Å². The Morgan fingerprint density at radius 3 is 2.89 bits per heavy atom. The van der Waals surface area contributed by atoms with Gasteiger partial charge < -0.3 is 19.4 Å². The van der Waals surface area contributed by atoms with Gasteiger partial charge >= 0.3 is 5.97 Å². The molecule has 0 spiro atoms. The summed E-state index contributed by atoms with van der Waals surface area (Å²) in [6, 6.07) is 1.97. The Morgan fingerprint density at radius 2 is 2.26 bits per heavy atom. The third-order valence-corrected chi connectivity index (χ3v) is 5.31. The molecule has 1 aliphatic rings. The molecule has 1 N–H and O–H groups in total. The van der Waals surface area contributed by atoms with Gasteiger partial charge in [0.1, 0.15) is 6.23 Å². The van der Waals surface area contributed by atoms with Gasteiger partial charge in [0.15, 0.2) is 0 Å². The molecule has 2 aromatic heterocycles. The third-order valence-electron chi connectivity index (χ3n) is 4.49. The number of aromatic nitrogens is 2. The van der Waals surface area contributed by atoms with E-state index >= 15 is 0 Å². The van der Waals surface area contributed by atoms with E-state index in [0.717, 1.165) is 24.2 Å². The SMILES string of the molecule is CCOC(=O)c1nc(-c2cc(C(=O)NC3CCCO3)c(C)n2C(C)C)cs1. The van der Waals surface area contributed by atoms with Crippen LogP contribution in [-0.4, -0.2) is 40.9 Å². The summed E-state index contributed by atoms with van der Waals surface area (Å²) in [6.45, 7) is 8.78. The number of ether oxygens (including phenoxy) is 2. The van der Waals surface area contributed by atoms with E-state index in [1.165, 1.54) is 11.3 Å². The van der Waals surface area contributed by atoms with Crippen LogP contribution < -0.4 is 5.32 Å². The van der Waals surface area contributed by atoms with Crippen molar-refractivity contribution in [2.45, 2.75) is 52.8 Å². The average Bonchev–Trinajstić information content (AvgIpc) is 3.33. The Bertz CT molecular complexity index is 834. The fourth-order valence-corrected chi connectivity index (χ4v) is 4.01.